The molecule has 0 fully saturated rings. The van der Waals surface area contributed by atoms with E-state index in [-0.39, 0.29) is 5.91 Å². The molecule has 0 aliphatic rings. The summed E-state index contributed by atoms with van der Waals surface area (Å²) in [6.07, 6.45) is 1.79. The summed E-state index contributed by atoms with van der Waals surface area (Å²) < 4.78 is 4.96. The fourth-order valence-electron chi connectivity index (χ4n) is 0.645. The Bertz CT molecular complexity index is 320. The lowest BCUT2D eigenvalue weighted by Crippen LogP contribution is -2.15. The fraction of sp³-hybridized carbons (Fsp3) is 0.250. The molecule has 0 atom stereocenters. The van der Waals surface area contributed by atoms with Gasteiger partial charge in [0.2, 0.25) is 5.91 Å². The minimum absolute atomic E-state index is 0.145. The van der Waals surface area contributed by atoms with Crippen LogP contribution < -0.4 is 5.43 Å². The summed E-state index contributed by atoms with van der Waals surface area (Å²) in [7, 11) is 0. The Morgan fingerprint density at radius 3 is 3.08 bits per heavy atom. The Morgan fingerprint density at radius 1 is 1.77 bits per heavy atom. The molecule has 0 radical (unpaired) electrons. The van der Waals surface area contributed by atoms with Gasteiger partial charge < -0.3 is 4.42 Å². The molecular weight excluding hydrogens is 192 g/mol. The second kappa shape index (κ2) is 4.67. The van der Waals surface area contributed by atoms with Crippen LogP contribution in [0.25, 0.3) is 0 Å². The molecule has 1 aromatic heterocycles. The minimum Gasteiger partial charge on any atom is -0.444 e. The van der Waals surface area contributed by atoms with Crippen molar-refractivity contribution >= 4 is 23.7 Å². The molecule has 0 unspecified atom stereocenters. The van der Waals surface area contributed by atoms with Gasteiger partial charge in [-0.05, 0) is 23.7 Å². The van der Waals surface area contributed by atoms with Crippen LogP contribution >= 0.6 is 11.6 Å². The number of amides is 1. The summed E-state index contributed by atoms with van der Waals surface area (Å²) in [5, 5.41) is 3.94. The smallest absolute Gasteiger partial charge is 0.239 e. The molecule has 13 heavy (non-hydrogen) atoms. The molecule has 1 amide bonds. The van der Waals surface area contributed by atoms with Crippen molar-refractivity contribution in [2.24, 2.45) is 5.10 Å². The van der Waals surface area contributed by atoms with Crippen molar-refractivity contribution in [1.82, 2.24) is 5.43 Å². The molecule has 70 valence electrons. The van der Waals surface area contributed by atoms with Crippen LogP contribution in [-0.4, -0.2) is 12.1 Å². The molecule has 1 heterocycles. The van der Waals surface area contributed by atoms with Gasteiger partial charge in [-0.25, -0.2) is 5.43 Å². The lowest BCUT2D eigenvalue weighted by molar-refractivity contribution is -0.120. The number of carbonyl (C=O) groups is 1. The van der Waals surface area contributed by atoms with E-state index in [1.165, 1.54) is 6.21 Å². The van der Waals surface area contributed by atoms with E-state index >= 15 is 0 Å². The summed E-state index contributed by atoms with van der Waals surface area (Å²) in [5.74, 6) is 0.357. The predicted molar refractivity (Wildman–Crippen MR) is 49.7 cm³/mol. The first-order chi connectivity index (χ1) is 6.22. The Hall–Kier alpha value is -1.29. The van der Waals surface area contributed by atoms with Gasteiger partial charge in [0.1, 0.15) is 5.76 Å². The molecule has 5 heteroatoms. The lowest BCUT2D eigenvalue weighted by atomic mass is 10.5. The highest BCUT2D eigenvalue weighted by Crippen LogP contribution is 2.10. The number of nitrogens with one attached hydrogen (secondary N) is 1. The first kappa shape index (κ1) is 9.80. The zero-order chi connectivity index (χ0) is 9.68. The summed E-state index contributed by atoms with van der Waals surface area (Å²) >= 11 is 5.51. The van der Waals surface area contributed by atoms with Crippen molar-refractivity contribution in [3.63, 3.8) is 0 Å². The van der Waals surface area contributed by atoms with Crippen LogP contribution in [0.3, 0.4) is 0 Å². The van der Waals surface area contributed by atoms with Gasteiger partial charge in [0.15, 0.2) is 5.22 Å². The quantitative estimate of drug-likeness (QED) is 0.598. The molecule has 1 rings (SSSR count). The number of hydrogen-bond donors (Lipinski definition) is 1. The largest absolute Gasteiger partial charge is 0.444 e. The molecule has 1 aromatic rings. The molecule has 1 N–H and O–H groups in total. The molecule has 4 nitrogen and oxygen atoms in total. The molecule has 0 saturated heterocycles. The van der Waals surface area contributed by atoms with Gasteiger partial charge in [0.05, 0.1) is 6.21 Å². The molecule has 0 aliphatic carbocycles. The Morgan fingerprint density at radius 2 is 2.54 bits per heavy atom. The van der Waals surface area contributed by atoms with Crippen LogP contribution in [-0.2, 0) is 4.79 Å². The molecule has 0 aliphatic heterocycles. The highest BCUT2D eigenvalue weighted by atomic mass is 35.5. The SMILES string of the molecule is CCC(=O)N/N=C/c1ccc(Cl)o1. The average molecular weight is 201 g/mol. The van der Waals surface area contributed by atoms with E-state index in [4.69, 9.17) is 16.0 Å². The highest BCUT2D eigenvalue weighted by Gasteiger charge is 1.95. The monoisotopic (exact) mass is 200 g/mol. The Labute approximate surface area is 80.6 Å². The maximum atomic E-state index is 10.7. The van der Waals surface area contributed by atoms with E-state index in [2.05, 4.69) is 10.5 Å². The van der Waals surface area contributed by atoms with Crippen LogP contribution in [0.4, 0.5) is 0 Å². The van der Waals surface area contributed by atoms with Crippen LogP contribution in [0.2, 0.25) is 5.22 Å². The van der Waals surface area contributed by atoms with Crippen molar-refractivity contribution in [2.45, 2.75) is 13.3 Å². The molecule has 0 saturated carbocycles. The third-order valence-electron chi connectivity index (χ3n) is 1.30. The van der Waals surface area contributed by atoms with Crippen LogP contribution in [0, 0.1) is 0 Å². The summed E-state index contributed by atoms with van der Waals surface area (Å²) in [5.41, 5.74) is 2.32. The molecule has 0 aromatic carbocycles. The lowest BCUT2D eigenvalue weighted by Gasteiger charge is -1.91. The number of furan rings is 1. The fourth-order valence-corrected chi connectivity index (χ4v) is 0.797. The highest BCUT2D eigenvalue weighted by molar-refractivity contribution is 6.28. The third-order valence-corrected chi connectivity index (χ3v) is 1.50. The van der Waals surface area contributed by atoms with Crippen molar-refractivity contribution in [3.05, 3.63) is 23.1 Å². The van der Waals surface area contributed by atoms with Gasteiger partial charge in [0, 0.05) is 6.42 Å². The topological polar surface area (TPSA) is 54.6 Å². The van der Waals surface area contributed by atoms with Crippen molar-refractivity contribution < 1.29 is 9.21 Å². The van der Waals surface area contributed by atoms with Crippen LogP contribution in [0.15, 0.2) is 21.7 Å². The van der Waals surface area contributed by atoms with E-state index in [0.717, 1.165) is 0 Å². The maximum absolute atomic E-state index is 10.7. The second-order valence-electron chi connectivity index (χ2n) is 2.29. The minimum atomic E-state index is -0.145. The number of nitrogens with zero attached hydrogens (tertiary/aromatic N) is 1. The third kappa shape index (κ3) is 3.29. The van der Waals surface area contributed by atoms with Crippen molar-refractivity contribution in [1.29, 1.82) is 0 Å². The number of hydrogen-bond acceptors (Lipinski definition) is 3. The standard InChI is InChI=1S/C8H9ClN2O2/c1-2-8(12)11-10-5-6-3-4-7(9)13-6/h3-5H,2H2,1H3,(H,11,12)/b10-5+. The summed E-state index contributed by atoms with van der Waals surface area (Å²) in [4.78, 5) is 10.7. The predicted octanol–water partition coefficient (Wildman–Crippen LogP) is 1.79. The van der Waals surface area contributed by atoms with Crippen LogP contribution in [0.1, 0.15) is 19.1 Å². The van der Waals surface area contributed by atoms with E-state index in [9.17, 15) is 4.79 Å². The Kier molecular flexibility index (Phi) is 3.52. The van der Waals surface area contributed by atoms with E-state index in [1.54, 1.807) is 19.1 Å². The van der Waals surface area contributed by atoms with Crippen LogP contribution in [0.5, 0.6) is 0 Å². The normalized spacial score (nSPS) is 10.6. The maximum Gasteiger partial charge on any atom is 0.239 e. The van der Waals surface area contributed by atoms with Crippen molar-refractivity contribution in [3.8, 4) is 0 Å². The average Bonchev–Trinajstić information content (AvgIpc) is 2.51. The molecule has 0 spiro atoms. The first-order valence-electron chi connectivity index (χ1n) is 3.79. The first-order valence-corrected chi connectivity index (χ1v) is 4.17. The van der Waals surface area contributed by atoms with E-state index in [1.807, 2.05) is 0 Å². The molecular formula is C8H9ClN2O2. The van der Waals surface area contributed by atoms with Gasteiger partial charge >= 0.3 is 0 Å². The van der Waals surface area contributed by atoms with Crippen molar-refractivity contribution in [2.75, 3.05) is 0 Å². The second-order valence-corrected chi connectivity index (χ2v) is 2.66. The van der Waals surface area contributed by atoms with Gasteiger partial charge in [-0.2, -0.15) is 5.10 Å². The Balaban J connectivity index is 2.45. The van der Waals surface area contributed by atoms with Gasteiger partial charge in [-0.1, -0.05) is 6.92 Å². The van der Waals surface area contributed by atoms with Gasteiger partial charge in [0.25, 0.3) is 0 Å². The van der Waals surface area contributed by atoms with E-state index in [0.29, 0.717) is 17.4 Å². The summed E-state index contributed by atoms with van der Waals surface area (Å²) in [6, 6.07) is 3.26. The number of carbonyl (C=O) groups excluding carboxylic acids is 1. The molecule has 0 bridgehead atoms. The van der Waals surface area contributed by atoms with Gasteiger partial charge in [-0.15, -0.1) is 0 Å². The number of rotatable bonds is 3. The zero-order valence-corrected chi connectivity index (χ0v) is 7.84. The number of halogens is 1. The summed E-state index contributed by atoms with van der Waals surface area (Å²) in [6.45, 7) is 1.74. The van der Waals surface area contributed by atoms with Gasteiger partial charge in [-0.3, -0.25) is 4.79 Å². The zero-order valence-electron chi connectivity index (χ0n) is 7.08. The van der Waals surface area contributed by atoms with E-state index < -0.39 is 0 Å². The number of hydrazone groups is 1.